The van der Waals surface area contributed by atoms with Crippen LogP contribution in [0.5, 0.6) is 0 Å². The van der Waals surface area contributed by atoms with E-state index in [-0.39, 0.29) is 5.97 Å². The second-order valence-electron chi connectivity index (χ2n) is 5.47. The lowest BCUT2D eigenvalue weighted by Crippen LogP contribution is -2.58. The highest BCUT2D eigenvalue weighted by Gasteiger charge is 2.35. The molecule has 18 heavy (non-hydrogen) atoms. The summed E-state index contributed by atoms with van der Waals surface area (Å²) < 4.78 is 4.93. The number of rotatable bonds is 9. The van der Waals surface area contributed by atoms with Crippen molar-refractivity contribution in [1.82, 2.24) is 10.2 Å². The van der Waals surface area contributed by atoms with Crippen LogP contribution in [0.15, 0.2) is 0 Å². The number of hydrogen-bond acceptors (Lipinski definition) is 4. The number of methoxy groups -OCH3 is 1. The summed E-state index contributed by atoms with van der Waals surface area (Å²) in [5, 5.41) is 3.32. The van der Waals surface area contributed by atoms with Gasteiger partial charge < -0.3 is 15.0 Å². The van der Waals surface area contributed by atoms with Gasteiger partial charge in [0.1, 0.15) is 5.54 Å². The average Bonchev–Trinajstić information content (AvgIpc) is 2.33. The molecule has 0 spiro atoms. The van der Waals surface area contributed by atoms with Gasteiger partial charge in [0.15, 0.2) is 0 Å². The third-order valence-electron chi connectivity index (χ3n) is 3.01. The number of ether oxygens (including phenoxy) is 1. The molecule has 0 amide bonds. The van der Waals surface area contributed by atoms with Crippen molar-refractivity contribution in [2.24, 2.45) is 5.92 Å². The van der Waals surface area contributed by atoms with Gasteiger partial charge in [0.25, 0.3) is 0 Å². The molecule has 4 heteroatoms. The van der Waals surface area contributed by atoms with E-state index in [1.54, 1.807) is 0 Å². The second-order valence-corrected chi connectivity index (χ2v) is 5.47. The number of nitrogens with zero attached hydrogens (tertiary/aromatic N) is 1. The fourth-order valence-electron chi connectivity index (χ4n) is 2.09. The maximum Gasteiger partial charge on any atom is 0.327 e. The fourth-order valence-corrected chi connectivity index (χ4v) is 2.09. The first kappa shape index (κ1) is 17.4. The van der Waals surface area contributed by atoms with E-state index in [0.29, 0.717) is 12.5 Å². The molecule has 0 heterocycles. The summed E-state index contributed by atoms with van der Waals surface area (Å²) in [7, 11) is 1.45. The molecule has 108 valence electrons. The first-order chi connectivity index (χ1) is 8.39. The number of likely N-dealkylation sites (N-methyl/N-ethyl adjacent to an activating group) is 1. The molecular formula is C14H30N2O2. The Morgan fingerprint density at radius 2 is 2.00 bits per heavy atom. The Kier molecular flexibility index (Phi) is 8.20. The van der Waals surface area contributed by atoms with Crippen LogP contribution >= 0.6 is 0 Å². The molecule has 0 bridgehead atoms. The van der Waals surface area contributed by atoms with E-state index in [1.165, 1.54) is 7.11 Å². The Balaban J connectivity index is 4.69. The smallest absolute Gasteiger partial charge is 0.327 e. The topological polar surface area (TPSA) is 41.6 Å². The van der Waals surface area contributed by atoms with Gasteiger partial charge in [-0.05, 0) is 32.4 Å². The Hall–Kier alpha value is -0.610. The van der Waals surface area contributed by atoms with Crippen molar-refractivity contribution in [2.45, 2.75) is 46.6 Å². The lowest BCUT2D eigenvalue weighted by atomic mass is 10.0. The minimum atomic E-state index is -0.615. The van der Waals surface area contributed by atoms with Crippen LogP contribution < -0.4 is 5.32 Å². The zero-order valence-electron chi connectivity index (χ0n) is 12.9. The van der Waals surface area contributed by atoms with E-state index in [1.807, 2.05) is 6.92 Å². The van der Waals surface area contributed by atoms with Crippen LogP contribution in [0, 0.1) is 5.92 Å². The Morgan fingerprint density at radius 1 is 1.39 bits per heavy atom. The molecule has 0 aromatic carbocycles. The summed E-state index contributed by atoms with van der Waals surface area (Å²) in [6.45, 7) is 14.0. The average molecular weight is 258 g/mol. The molecule has 0 aliphatic rings. The second kappa shape index (κ2) is 8.48. The molecule has 0 aromatic heterocycles. The van der Waals surface area contributed by atoms with E-state index >= 15 is 0 Å². The van der Waals surface area contributed by atoms with Crippen molar-refractivity contribution >= 4 is 5.97 Å². The van der Waals surface area contributed by atoms with Crippen molar-refractivity contribution in [3.8, 4) is 0 Å². The summed E-state index contributed by atoms with van der Waals surface area (Å²) >= 11 is 0. The summed E-state index contributed by atoms with van der Waals surface area (Å²) in [6, 6.07) is 0. The Labute approximate surface area is 112 Å². The van der Waals surface area contributed by atoms with Crippen molar-refractivity contribution in [3.05, 3.63) is 0 Å². The van der Waals surface area contributed by atoms with Crippen LogP contribution in [-0.4, -0.2) is 49.7 Å². The predicted octanol–water partition coefficient (Wildman–Crippen LogP) is 1.90. The highest BCUT2D eigenvalue weighted by molar-refractivity contribution is 5.80. The van der Waals surface area contributed by atoms with Crippen LogP contribution in [0.3, 0.4) is 0 Å². The molecule has 4 nitrogen and oxygen atoms in total. The van der Waals surface area contributed by atoms with E-state index in [9.17, 15) is 4.79 Å². The normalized spacial score (nSPS) is 14.9. The largest absolute Gasteiger partial charge is 0.468 e. The minimum Gasteiger partial charge on any atom is -0.468 e. The summed E-state index contributed by atoms with van der Waals surface area (Å²) in [5.74, 6) is 0.413. The van der Waals surface area contributed by atoms with E-state index < -0.39 is 5.54 Å². The lowest BCUT2D eigenvalue weighted by Gasteiger charge is -2.34. The molecule has 0 aliphatic carbocycles. The zero-order valence-corrected chi connectivity index (χ0v) is 12.9. The van der Waals surface area contributed by atoms with Crippen molar-refractivity contribution in [2.75, 3.05) is 33.3 Å². The van der Waals surface area contributed by atoms with Gasteiger partial charge in [-0.1, -0.05) is 27.7 Å². The first-order valence-electron chi connectivity index (χ1n) is 6.95. The van der Waals surface area contributed by atoms with Gasteiger partial charge in [0, 0.05) is 13.1 Å². The molecule has 0 aliphatic heterocycles. The lowest BCUT2D eigenvalue weighted by molar-refractivity contribution is -0.148. The van der Waals surface area contributed by atoms with Crippen LogP contribution in [0.2, 0.25) is 0 Å². The quantitative estimate of drug-likeness (QED) is 0.641. The van der Waals surface area contributed by atoms with Crippen LogP contribution in [0.25, 0.3) is 0 Å². The third kappa shape index (κ3) is 5.83. The van der Waals surface area contributed by atoms with Crippen molar-refractivity contribution in [1.29, 1.82) is 0 Å². The van der Waals surface area contributed by atoms with Gasteiger partial charge in [0.2, 0.25) is 0 Å². The molecule has 0 rings (SSSR count). The van der Waals surface area contributed by atoms with Gasteiger partial charge in [-0.15, -0.1) is 0 Å². The maximum absolute atomic E-state index is 12.0. The number of carbonyl (C=O) groups is 1. The number of carbonyl (C=O) groups excluding carboxylic acids is 1. The maximum atomic E-state index is 12.0. The van der Waals surface area contributed by atoms with Crippen molar-refractivity contribution in [3.63, 3.8) is 0 Å². The molecule has 0 saturated heterocycles. The molecule has 0 saturated carbocycles. The molecule has 0 radical (unpaired) electrons. The summed E-state index contributed by atoms with van der Waals surface area (Å²) in [6.07, 6.45) is 1.00. The van der Waals surface area contributed by atoms with E-state index in [0.717, 1.165) is 26.1 Å². The molecule has 1 unspecified atom stereocenters. The van der Waals surface area contributed by atoms with Gasteiger partial charge >= 0.3 is 5.97 Å². The van der Waals surface area contributed by atoms with E-state index in [2.05, 4.69) is 37.9 Å². The van der Waals surface area contributed by atoms with Gasteiger partial charge in [0.05, 0.1) is 7.11 Å². The number of esters is 1. The third-order valence-corrected chi connectivity index (χ3v) is 3.01. The van der Waals surface area contributed by atoms with E-state index in [4.69, 9.17) is 4.74 Å². The van der Waals surface area contributed by atoms with Crippen molar-refractivity contribution < 1.29 is 9.53 Å². The molecule has 0 aromatic rings. The van der Waals surface area contributed by atoms with Crippen LogP contribution in [0.1, 0.15) is 41.0 Å². The standard InChI is InChI=1S/C14H30N2O2/c1-7-9-15-14(5,13(17)18-6)11-16(8-2)10-12(3)4/h12,15H,7-11H2,1-6H3. The van der Waals surface area contributed by atoms with Gasteiger partial charge in [-0.2, -0.15) is 0 Å². The van der Waals surface area contributed by atoms with Gasteiger partial charge in [-0.3, -0.25) is 4.79 Å². The zero-order chi connectivity index (χ0) is 14.2. The molecular weight excluding hydrogens is 228 g/mol. The number of nitrogens with one attached hydrogen (secondary N) is 1. The SMILES string of the molecule is CCCNC(C)(CN(CC)CC(C)C)C(=O)OC. The molecule has 1 N–H and O–H groups in total. The summed E-state index contributed by atoms with van der Waals surface area (Å²) in [4.78, 5) is 14.3. The minimum absolute atomic E-state index is 0.182. The monoisotopic (exact) mass is 258 g/mol. The highest BCUT2D eigenvalue weighted by atomic mass is 16.5. The molecule has 0 fully saturated rings. The first-order valence-corrected chi connectivity index (χ1v) is 6.95. The fraction of sp³-hybridized carbons (Fsp3) is 0.929. The van der Waals surface area contributed by atoms with Crippen LogP contribution in [0.4, 0.5) is 0 Å². The highest BCUT2D eigenvalue weighted by Crippen LogP contribution is 2.11. The predicted molar refractivity (Wildman–Crippen MR) is 75.7 cm³/mol. The molecule has 1 atom stereocenters. The Bertz CT molecular complexity index is 244. The van der Waals surface area contributed by atoms with Crippen LogP contribution in [-0.2, 0) is 9.53 Å². The van der Waals surface area contributed by atoms with Gasteiger partial charge in [-0.25, -0.2) is 0 Å². The number of hydrogen-bond donors (Lipinski definition) is 1. The Morgan fingerprint density at radius 3 is 2.39 bits per heavy atom. The summed E-state index contributed by atoms with van der Waals surface area (Å²) in [5.41, 5.74) is -0.615.